The largest absolute Gasteiger partial charge is 0.482 e. The Morgan fingerprint density at radius 2 is 2.00 bits per heavy atom. The van der Waals surface area contributed by atoms with E-state index in [-0.39, 0.29) is 24.1 Å². The first-order valence-corrected chi connectivity index (χ1v) is 9.49. The van der Waals surface area contributed by atoms with Crippen LogP contribution in [-0.4, -0.2) is 12.9 Å². The van der Waals surface area contributed by atoms with Gasteiger partial charge in [-0.1, -0.05) is 40.2 Å². The number of alkyl halides is 1. The van der Waals surface area contributed by atoms with Gasteiger partial charge in [-0.25, -0.2) is 0 Å². The van der Waals surface area contributed by atoms with Crippen molar-refractivity contribution < 1.29 is 18.6 Å². The first-order valence-electron chi connectivity index (χ1n) is 8.37. The van der Waals surface area contributed by atoms with E-state index in [0.29, 0.717) is 12.4 Å². The van der Waals surface area contributed by atoms with Gasteiger partial charge in [0.1, 0.15) is 25.2 Å². The van der Waals surface area contributed by atoms with Crippen LogP contribution >= 0.6 is 15.9 Å². The molecule has 25 heavy (non-hydrogen) atoms. The quantitative estimate of drug-likeness (QED) is 0.643. The Balaban J connectivity index is 1.57. The van der Waals surface area contributed by atoms with Crippen LogP contribution in [0.15, 0.2) is 45.8 Å². The van der Waals surface area contributed by atoms with Crippen LogP contribution in [0.25, 0.3) is 0 Å². The monoisotopic (exact) mass is 408 g/mol. The summed E-state index contributed by atoms with van der Waals surface area (Å²) in [4.78, 5) is 12.2. The number of rotatable bonds is 7. The Morgan fingerprint density at radius 3 is 2.72 bits per heavy atom. The topological polar surface area (TPSA) is 57.9 Å². The molecular weight excluding hydrogens is 388 g/mol. The van der Waals surface area contributed by atoms with Crippen molar-refractivity contribution in [2.45, 2.75) is 44.1 Å². The van der Waals surface area contributed by atoms with E-state index in [9.17, 15) is 4.79 Å². The van der Waals surface area contributed by atoms with Crippen LogP contribution < -0.4 is 10.2 Å². The summed E-state index contributed by atoms with van der Waals surface area (Å²) in [5, 5.41) is 0.737. The Kier molecular flexibility index (Phi) is 6.67. The standard InChI is InChI=1S/C19H21BrO5/c20-10-14-5-1-2-6-15(14)11-24-18-13-23-16(9-17(18)21)12-25-19-7-3-4-8-22-19/h1-2,5-6,9,13,19H,3-4,7-8,10-12H2. The van der Waals surface area contributed by atoms with Crippen LogP contribution in [0.3, 0.4) is 0 Å². The Hall–Kier alpha value is -1.63. The third-order valence-corrected chi connectivity index (χ3v) is 4.65. The summed E-state index contributed by atoms with van der Waals surface area (Å²) < 4.78 is 22.2. The number of halogens is 1. The number of hydrogen-bond acceptors (Lipinski definition) is 5. The SMILES string of the molecule is O=c1cc(COC2CCCCO2)occ1OCc1ccccc1CBr. The van der Waals surface area contributed by atoms with Crippen molar-refractivity contribution in [3.63, 3.8) is 0 Å². The summed E-state index contributed by atoms with van der Waals surface area (Å²) in [7, 11) is 0. The Morgan fingerprint density at radius 1 is 1.16 bits per heavy atom. The molecule has 1 saturated heterocycles. The highest BCUT2D eigenvalue weighted by molar-refractivity contribution is 9.08. The van der Waals surface area contributed by atoms with Crippen molar-refractivity contribution >= 4 is 15.9 Å². The molecule has 0 bridgehead atoms. The molecular formula is C19H21BrO5. The molecule has 2 aromatic rings. The van der Waals surface area contributed by atoms with E-state index < -0.39 is 0 Å². The van der Waals surface area contributed by atoms with Crippen LogP contribution in [-0.2, 0) is 28.0 Å². The molecule has 2 heterocycles. The molecule has 134 valence electrons. The van der Waals surface area contributed by atoms with E-state index in [1.54, 1.807) is 0 Å². The lowest BCUT2D eigenvalue weighted by atomic mass is 10.1. The second kappa shape index (κ2) is 9.17. The minimum absolute atomic E-state index is 0.196. The van der Waals surface area contributed by atoms with Crippen molar-refractivity contribution in [2.24, 2.45) is 0 Å². The van der Waals surface area contributed by atoms with Crippen LogP contribution in [0.4, 0.5) is 0 Å². The van der Waals surface area contributed by atoms with E-state index in [2.05, 4.69) is 15.9 Å². The first-order chi connectivity index (χ1) is 12.3. The summed E-state index contributed by atoms with van der Waals surface area (Å²) in [5.74, 6) is 0.662. The summed E-state index contributed by atoms with van der Waals surface area (Å²) in [6.07, 6.45) is 4.17. The van der Waals surface area contributed by atoms with Gasteiger partial charge in [0.2, 0.25) is 11.2 Å². The van der Waals surface area contributed by atoms with Crippen molar-refractivity contribution in [1.82, 2.24) is 0 Å². The molecule has 3 rings (SSSR count). The third kappa shape index (κ3) is 5.17. The predicted molar refractivity (Wildman–Crippen MR) is 96.8 cm³/mol. The molecule has 1 aliphatic rings. The third-order valence-electron chi connectivity index (χ3n) is 4.05. The van der Waals surface area contributed by atoms with E-state index in [0.717, 1.165) is 42.3 Å². The summed E-state index contributed by atoms with van der Waals surface area (Å²) in [6, 6.07) is 9.32. The molecule has 1 aromatic carbocycles. The normalized spacial score (nSPS) is 17.4. The molecule has 5 nitrogen and oxygen atoms in total. The summed E-state index contributed by atoms with van der Waals surface area (Å²) in [5.41, 5.74) is 1.94. The molecule has 1 aliphatic heterocycles. The van der Waals surface area contributed by atoms with Gasteiger partial charge in [-0.05, 0) is 30.4 Å². The lowest BCUT2D eigenvalue weighted by molar-refractivity contribution is -0.171. The van der Waals surface area contributed by atoms with Crippen LogP contribution in [0, 0.1) is 0 Å². The van der Waals surface area contributed by atoms with Gasteiger partial charge < -0.3 is 18.6 Å². The van der Waals surface area contributed by atoms with Gasteiger partial charge in [-0.2, -0.15) is 0 Å². The molecule has 0 amide bonds. The zero-order valence-electron chi connectivity index (χ0n) is 13.9. The maximum absolute atomic E-state index is 12.2. The van der Waals surface area contributed by atoms with E-state index in [1.165, 1.54) is 12.3 Å². The maximum atomic E-state index is 12.2. The molecule has 1 fully saturated rings. The van der Waals surface area contributed by atoms with Crippen molar-refractivity contribution in [1.29, 1.82) is 0 Å². The molecule has 0 N–H and O–H groups in total. The van der Waals surface area contributed by atoms with Crippen molar-refractivity contribution in [3.05, 3.63) is 63.7 Å². The number of benzene rings is 1. The van der Waals surface area contributed by atoms with Gasteiger partial charge >= 0.3 is 0 Å². The van der Waals surface area contributed by atoms with Gasteiger partial charge in [-0.3, -0.25) is 4.79 Å². The molecule has 1 aromatic heterocycles. The Bertz CT molecular complexity index is 737. The van der Waals surface area contributed by atoms with E-state index >= 15 is 0 Å². The first kappa shape index (κ1) is 18.2. The van der Waals surface area contributed by atoms with Gasteiger partial charge in [0.15, 0.2) is 6.29 Å². The van der Waals surface area contributed by atoms with Gasteiger partial charge in [-0.15, -0.1) is 0 Å². The second-order valence-electron chi connectivity index (χ2n) is 5.87. The fraction of sp³-hybridized carbons (Fsp3) is 0.421. The maximum Gasteiger partial charge on any atom is 0.227 e. The highest BCUT2D eigenvalue weighted by Gasteiger charge is 2.15. The fourth-order valence-electron chi connectivity index (χ4n) is 2.62. The molecule has 0 saturated carbocycles. The predicted octanol–water partition coefficient (Wildman–Crippen LogP) is 4.16. The highest BCUT2D eigenvalue weighted by Crippen LogP contribution is 2.17. The van der Waals surface area contributed by atoms with Crippen LogP contribution in [0.2, 0.25) is 0 Å². The molecule has 1 atom stereocenters. The zero-order chi connectivity index (χ0) is 17.5. The molecule has 0 spiro atoms. The minimum atomic E-state index is -0.217. The average Bonchev–Trinajstić information content (AvgIpc) is 2.66. The Labute approximate surface area is 155 Å². The number of ether oxygens (including phenoxy) is 3. The minimum Gasteiger partial charge on any atom is -0.482 e. The molecule has 1 unspecified atom stereocenters. The van der Waals surface area contributed by atoms with Crippen LogP contribution in [0.1, 0.15) is 36.1 Å². The summed E-state index contributed by atoms with van der Waals surface area (Å²) >= 11 is 3.45. The molecule has 0 radical (unpaired) electrons. The second-order valence-corrected chi connectivity index (χ2v) is 6.43. The van der Waals surface area contributed by atoms with Crippen LogP contribution in [0.5, 0.6) is 5.75 Å². The van der Waals surface area contributed by atoms with Gasteiger partial charge in [0, 0.05) is 18.0 Å². The van der Waals surface area contributed by atoms with Crippen molar-refractivity contribution in [2.75, 3.05) is 6.61 Å². The van der Waals surface area contributed by atoms with E-state index in [1.807, 2.05) is 24.3 Å². The molecule has 0 aliphatic carbocycles. The highest BCUT2D eigenvalue weighted by atomic mass is 79.9. The lowest BCUT2D eigenvalue weighted by Crippen LogP contribution is -2.22. The van der Waals surface area contributed by atoms with Gasteiger partial charge in [0.25, 0.3) is 0 Å². The lowest BCUT2D eigenvalue weighted by Gasteiger charge is -2.22. The molecule has 6 heteroatoms. The zero-order valence-corrected chi connectivity index (χ0v) is 15.5. The summed E-state index contributed by atoms with van der Waals surface area (Å²) in [6.45, 7) is 1.25. The average molecular weight is 409 g/mol. The van der Waals surface area contributed by atoms with Gasteiger partial charge in [0.05, 0.1) is 0 Å². The number of hydrogen-bond donors (Lipinski definition) is 0. The smallest absolute Gasteiger partial charge is 0.227 e. The van der Waals surface area contributed by atoms with E-state index in [4.69, 9.17) is 18.6 Å². The fourth-order valence-corrected chi connectivity index (χ4v) is 3.17. The van der Waals surface area contributed by atoms with Crippen molar-refractivity contribution in [3.8, 4) is 5.75 Å².